The average molecular weight is 341 g/mol. The maximum absolute atomic E-state index is 6.32. The minimum Gasteiger partial charge on any atom is -0.0843 e. The fourth-order valence-corrected chi connectivity index (χ4v) is 4.45. The molecular weight excluding hydrogens is 323 g/mol. The van der Waals surface area contributed by atoms with Crippen LogP contribution in [-0.4, -0.2) is 0 Å². The van der Waals surface area contributed by atoms with Crippen molar-refractivity contribution in [1.82, 2.24) is 0 Å². The van der Waals surface area contributed by atoms with Gasteiger partial charge < -0.3 is 0 Å². The van der Waals surface area contributed by atoms with E-state index in [9.17, 15) is 0 Å². The van der Waals surface area contributed by atoms with Crippen LogP contribution in [0.5, 0.6) is 0 Å². The number of rotatable bonds is 2. The van der Waals surface area contributed by atoms with Crippen molar-refractivity contribution in [3.8, 4) is 11.1 Å². The van der Waals surface area contributed by atoms with Crippen LogP contribution >= 0.6 is 23.2 Å². The lowest BCUT2D eigenvalue weighted by atomic mass is 9.68. The third-order valence-corrected chi connectivity index (χ3v) is 5.73. The summed E-state index contributed by atoms with van der Waals surface area (Å²) in [5, 5.41) is 1.59. The van der Waals surface area contributed by atoms with E-state index in [2.05, 4.69) is 56.3 Å². The van der Waals surface area contributed by atoms with Crippen molar-refractivity contribution in [2.75, 3.05) is 0 Å². The van der Waals surface area contributed by atoms with Gasteiger partial charge in [-0.05, 0) is 58.4 Å². The summed E-state index contributed by atoms with van der Waals surface area (Å²) in [5.74, 6) is 0.274. The van der Waals surface area contributed by atoms with Crippen LogP contribution in [0.4, 0.5) is 0 Å². The fourth-order valence-electron chi connectivity index (χ4n) is 4.09. The van der Waals surface area contributed by atoms with Gasteiger partial charge in [-0.25, -0.2) is 0 Å². The van der Waals surface area contributed by atoms with E-state index >= 15 is 0 Å². The Kier molecular flexibility index (Phi) is 3.44. The van der Waals surface area contributed by atoms with E-state index in [1.165, 1.54) is 27.8 Å². The number of allylic oxidation sites excluding steroid dienone is 4. The van der Waals surface area contributed by atoms with Crippen molar-refractivity contribution in [1.29, 1.82) is 0 Å². The first kappa shape index (κ1) is 15.1. The summed E-state index contributed by atoms with van der Waals surface area (Å²) in [6.45, 7) is 4.66. The highest BCUT2D eigenvalue weighted by Gasteiger charge is 2.41. The van der Waals surface area contributed by atoms with Crippen LogP contribution in [-0.2, 0) is 0 Å². The quantitative estimate of drug-likeness (QED) is 0.551. The highest BCUT2D eigenvalue weighted by molar-refractivity contribution is 6.31. The Balaban J connectivity index is 1.96. The normalized spacial score (nSPS) is 16.4. The van der Waals surface area contributed by atoms with Crippen molar-refractivity contribution < 1.29 is 0 Å². The minimum absolute atomic E-state index is 0.0128. The smallest absolute Gasteiger partial charge is 0.0409 e. The number of halogens is 2. The van der Waals surface area contributed by atoms with E-state index in [-0.39, 0.29) is 11.3 Å². The van der Waals surface area contributed by atoms with Crippen LogP contribution in [0.15, 0.2) is 60.2 Å². The van der Waals surface area contributed by atoms with E-state index in [4.69, 9.17) is 23.2 Å². The highest BCUT2D eigenvalue weighted by Crippen LogP contribution is 2.56. The summed E-state index contributed by atoms with van der Waals surface area (Å²) in [5.41, 5.74) is 6.66. The summed E-state index contributed by atoms with van der Waals surface area (Å²) in [6.07, 6.45) is 7.66. The summed E-state index contributed by atoms with van der Waals surface area (Å²) < 4.78 is 0. The predicted molar refractivity (Wildman–Crippen MR) is 99.4 cm³/mol. The molecule has 2 aliphatic carbocycles. The Morgan fingerprint density at radius 3 is 1.96 bits per heavy atom. The van der Waals surface area contributed by atoms with Gasteiger partial charge in [0.1, 0.15) is 0 Å². The number of fused-ring (bicyclic) bond motifs is 3. The molecule has 0 heterocycles. The minimum atomic E-state index is 0.0128. The zero-order chi connectivity index (χ0) is 16.2. The van der Waals surface area contributed by atoms with E-state index in [0.29, 0.717) is 0 Å². The Bertz CT molecular complexity index is 805. The van der Waals surface area contributed by atoms with E-state index in [0.717, 1.165) is 16.5 Å². The third kappa shape index (κ3) is 2.28. The first-order valence-corrected chi connectivity index (χ1v) is 8.69. The summed E-state index contributed by atoms with van der Waals surface area (Å²) in [4.78, 5) is 0. The molecule has 23 heavy (non-hydrogen) atoms. The van der Waals surface area contributed by atoms with Gasteiger partial charge in [-0.3, -0.25) is 0 Å². The molecule has 0 nitrogen and oxygen atoms in total. The zero-order valence-corrected chi connectivity index (χ0v) is 14.7. The molecule has 2 aromatic carbocycles. The second-order valence-electron chi connectivity index (χ2n) is 6.94. The van der Waals surface area contributed by atoms with Gasteiger partial charge in [0, 0.05) is 16.0 Å². The molecule has 4 rings (SSSR count). The molecule has 116 valence electrons. The maximum Gasteiger partial charge on any atom is 0.0409 e. The van der Waals surface area contributed by atoms with Crippen LogP contribution in [0.1, 0.15) is 37.3 Å². The molecule has 0 N–H and O–H groups in total. The number of benzene rings is 2. The van der Waals surface area contributed by atoms with Gasteiger partial charge in [0.15, 0.2) is 0 Å². The van der Waals surface area contributed by atoms with E-state index < -0.39 is 0 Å². The predicted octanol–water partition coefficient (Wildman–Crippen LogP) is 7.02. The Labute approximate surface area is 147 Å². The summed E-state index contributed by atoms with van der Waals surface area (Å²) >= 11 is 12.6. The molecular formula is C21H18Cl2. The molecule has 0 spiro atoms. The SMILES string of the molecule is CC(C)(C1=CC=CC1)C1c2cc(Cl)ccc2-c2ccc(Cl)cc21. The molecule has 0 saturated heterocycles. The Hall–Kier alpha value is -1.50. The average Bonchev–Trinajstić information content (AvgIpc) is 3.12. The maximum atomic E-state index is 6.32. The van der Waals surface area contributed by atoms with Crippen LogP contribution in [0.2, 0.25) is 10.0 Å². The first-order valence-electron chi connectivity index (χ1n) is 7.94. The standard InChI is InChI=1S/C21H18Cl2/c1-21(2,13-5-3-4-6-13)20-18-11-14(22)7-9-16(18)17-10-8-15(23)12-19(17)20/h3-5,7-12,20H,6H2,1-2H3. The fraction of sp³-hybridized carbons (Fsp3) is 0.238. The molecule has 0 aliphatic heterocycles. The van der Waals surface area contributed by atoms with Crippen LogP contribution in [0.25, 0.3) is 11.1 Å². The van der Waals surface area contributed by atoms with Gasteiger partial charge >= 0.3 is 0 Å². The number of hydrogen-bond donors (Lipinski definition) is 0. The van der Waals surface area contributed by atoms with Crippen molar-refractivity contribution >= 4 is 23.2 Å². The van der Waals surface area contributed by atoms with E-state index in [1.54, 1.807) is 0 Å². The molecule has 0 aromatic heterocycles. The second-order valence-corrected chi connectivity index (χ2v) is 7.81. The first-order chi connectivity index (χ1) is 11.0. The lowest BCUT2D eigenvalue weighted by Crippen LogP contribution is -2.23. The molecule has 0 unspecified atom stereocenters. The molecule has 0 bridgehead atoms. The lowest BCUT2D eigenvalue weighted by Gasteiger charge is -2.35. The van der Waals surface area contributed by atoms with Crippen molar-refractivity contribution in [3.05, 3.63) is 81.4 Å². The third-order valence-electron chi connectivity index (χ3n) is 5.26. The molecule has 2 heteroatoms. The van der Waals surface area contributed by atoms with Crippen molar-refractivity contribution in [3.63, 3.8) is 0 Å². The van der Waals surface area contributed by atoms with E-state index in [1.807, 2.05) is 12.1 Å². The van der Waals surface area contributed by atoms with Crippen LogP contribution < -0.4 is 0 Å². The zero-order valence-electron chi connectivity index (χ0n) is 13.2. The molecule has 0 atom stereocenters. The summed E-state index contributed by atoms with van der Waals surface area (Å²) in [6, 6.07) is 12.5. The molecule has 2 aromatic rings. The summed E-state index contributed by atoms with van der Waals surface area (Å²) in [7, 11) is 0. The van der Waals surface area contributed by atoms with Crippen molar-refractivity contribution in [2.24, 2.45) is 5.41 Å². The second kappa shape index (κ2) is 5.26. The molecule has 0 radical (unpaired) electrons. The Morgan fingerprint density at radius 2 is 1.48 bits per heavy atom. The largest absolute Gasteiger partial charge is 0.0843 e. The monoisotopic (exact) mass is 340 g/mol. The van der Waals surface area contributed by atoms with Gasteiger partial charge in [0.05, 0.1) is 0 Å². The van der Waals surface area contributed by atoms with Gasteiger partial charge in [-0.2, -0.15) is 0 Å². The van der Waals surface area contributed by atoms with Crippen LogP contribution in [0, 0.1) is 5.41 Å². The number of hydrogen-bond acceptors (Lipinski definition) is 0. The van der Waals surface area contributed by atoms with Gasteiger partial charge in [-0.15, -0.1) is 0 Å². The molecule has 2 aliphatic rings. The van der Waals surface area contributed by atoms with Crippen molar-refractivity contribution in [2.45, 2.75) is 26.2 Å². The molecule has 0 fully saturated rings. The van der Waals surface area contributed by atoms with Gasteiger partial charge in [0.2, 0.25) is 0 Å². The molecule has 0 amide bonds. The highest BCUT2D eigenvalue weighted by atomic mass is 35.5. The Morgan fingerprint density at radius 1 is 0.913 bits per heavy atom. The van der Waals surface area contributed by atoms with Gasteiger partial charge in [-0.1, -0.05) is 73.0 Å². The van der Waals surface area contributed by atoms with Gasteiger partial charge in [0.25, 0.3) is 0 Å². The topological polar surface area (TPSA) is 0 Å². The lowest BCUT2D eigenvalue weighted by molar-refractivity contribution is 0.388. The van der Waals surface area contributed by atoms with Crippen LogP contribution in [0.3, 0.4) is 0 Å². The molecule has 0 saturated carbocycles.